The van der Waals surface area contributed by atoms with Crippen molar-refractivity contribution in [3.63, 3.8) is 0 Å². The second kappa shape index (κ2) is 6.12. The van der Waals surface area contributed by atoms with Gasteiger partial charge in [0.25, 0.3) is 5.91 Å². The normalized spacial score (nSPS) is 17.2. The van der Waals surface area contributed by atoms with Gasteiger partial charge in [0, 0.05) is 18.9 Å². The van der Waals surface area contributed by atoms with Crippen LogP contribution < -0.4 is 0 Å². The van der Waals surface area contributed by atoms with Crippen LogP contribution in [0, 0.1) is 12.7 Å². The molecule has 1 saturated heterocycles. The molecule has 0 bridgehead atoms. The molecule has 0 aliphatic carbocycles. The molecule has 25 heavy (non-hydrogen) atoms. The van der Waals surface area contributed by atoms with Gasteiger partial charge in [-0.2, -0.15) is 0 Å². The van der Waals surface area contributed by atoms with Gasteiger partial charge in [-0.15, -0.1) is 5.10 Å². The lowest BCUT2D eigenvalue weighted by atomic mass is 10.1. The summed E-state index contributed by atoms with van der Waals surface area (Å²) in [6, 6.07) is 4.95. The number of nitrogens with zero attached hydrogens (tertiary/aromatic N) is 5. The molecule has 1 aliphatic rings. The van der Waals surface area contributed by atoms with E-state index in [-0.39, 0.29) is 17.8 Å². The van der Waals surface area contributed by atoms with Crippen molar-refractivity contribution in [3.05, 3.63) is 59.7 Å². The standard InChI is InChI=1S/C17H17FN6O/c1-11-4-2-5-14(15(11)18)24-10-12(21-22-24)13-6-3-9-23(13)17(25)16-19-7-8-20-16/h2,4-5,7-8,10,13H,3,6,9H2,1H3,(H,19,20). The maximum absolute atomic E-state index is 14.3. The Hall–Kier alpha value is -3.03. The topological polar surface area (TPSA) is 79.7 Å². The van der Waals surface area contributed by atoms with Gasteiger partial charge in [0.1, 0.15) is 11.4 Å². The minimum atomic E-state index is -0.325. The Bertz CT molecular complexity index is 904. The summed E-state index contributed by atoms with van der Waals surface area (Å²) in [7, 11) is 0. The molecule has 1 aliphatic heterocycles. The fraction of sp³-hybridized carbons (Fsp3) is 0.294. The van der Waals surface area contributed by atoms with Crippen LogP contribution in [0.4, 0.5) is 4.39 Å². The van der Waals surface area contributed by atoms with Gasteiger partial charge in [0.2, 0.25) is 0 Å². The van der Waals surface area contributed by atoms with Gasteiger partial charge in [0.15, 0.2) is 11.6 Å². The van der Waals surface area contributed by atoms with Gasteiger partial charge in [0.05, 0.1) is 12.2 Å². The second-order valence-electron chi connectivity index (χ2n) is 6.09. The van der Waals surface area contributed by atoms with Crippen LogP contribution in [-0.2, 0) is 0 Å². The molecule has 0 spiro atoms. The van der Waals surface area contributed by atoms with Crippen molar-refractivity contribution in [1.82, 2.24) is 29.9 Å². The quantitative estimate of drug-likeness (QED) is 0.794. The number of carbonyl (C=O) groups excluding carboxylic acids is 1. The van der Waals surface area contributed by atoms with Gasteiger partial charge in [-0.1, -0.05) is 17.3 Å². The molecular formula is C17H17FN6O. The molecule has 0 saturated carbocycles. The minimum absolute atomic E-state index is 0.163. The van der Waals surface area contributed by atoms with Gasteiger partial charge in [-0.3, -0.25) is 4.79 Å². The van der Waals surface area contributed by atoms with E-state index in [4.69, 9.17) is 0 Å². The van der Waals surface area contributed by atoms with Crippen molar-refractivity contribution in [3.8, 4) is 5.69 Å². The second-order valence-corrected chi connectivity index (χ2v) is 6.09. The molecule has 1 N–H and O–H groups in total. The zero-order valence-electron chi connectivity index (χ0n) is 13.7. The van der Waals surface area contributed by atoms with E-state index < -0.39 is 0 Å². The summed E-state index contributed by atoms with van der Waals surface area (Å²) in [4.78, 5) is 21.2. The Labute approximate surface area is 143 Å². The zero-order valence-corrected chi connectivity index (χ0v) is 13.7. The molecule has 1 atom stereocenters. The summed E-state index contributed by atoms with van der Waals surface area (Å²) >= 11 is 0. The number of rotatable bonds is 3. The number of imidazole rings is 1. The summed E-state index contributed by atoms with van der Waals surface area (Å²) in [5, 5.41) is 8.24. The molecule has 8 heteroatoms. The van der Waals surface area contributed by atoms with Crippen molar-refractivity contribution < 1.29 is 9.18 Å². The molecule has 1 amide bonds. The monoisotopic (exact) mass is 340 g/mol. The van der Waals surface area contributed by atoms with E-state index in [2.05, 4.69) is 20.3 Å². The number of benzene rings is 1. The number of aromatic amines is 1. The average Bonchev–Trinajstić information content (AvgIpc) is 3.37. The van der Waals surface area contributed by atoms with E-state index in [0.717, 1.165) is 12.8 Å². The summed E-state index contributed by atoms with van der Waals surface area (Å²) in [5.74, 6) is -0.179. The lowest BCUT2D eigenvalue weighted by molar-refractivity contribution is 0.0721. The molecule has 4 rings (SSSR count). The zero-order chi connectivity index (χ0) is 17.4. The first-order chi connectivity index (χ1) is 12.1. The van der Waals surface area contributed by atoms with Crippen molar-refractivity contribution >= 4 is 5.91 Å². The lowest BCUT2D eigenvalue weighted by Gasteiger charge is -2.21. The molecule has 3 heterocycles. The molecule has 3 aromatic rings. The fourth-order valence-electron chi connectivity index (χ4n) is 3.19. The van der Waals surface area contributed by atoms with Crippen LogP contribution in [0.5, 0.6) is 0 Å². The number of H-pyrrole nitrogens is 1. The summed E-state index contributed by atoms with van der Waals surface area (Å²) < 4.78 is 15.7. The Morgan fingerprint density at radius 2 is 2.28 bits per heavy atom. The molecule has 2 aromatic heterocycles. The SMILES string of the molecule is Cc1cccc(-n2cc(C3CCCN3C(=O)c3ncc[nH]3)nn2)c1F. The van der Waals surface area contributed by atoms with Crippen LogP contribution in [-0.4, -0.2) is 42.3 Å². The van der Waals surface area contributed by atoms with Crippen molar-refractivity contribution in [2.45, 2.75) is 25.8 Å². The highest BCUT2D eigenvalue weighted by molar-refractivity contribution is 5.91. The van der Waals surface area contributed by atoms with Gasteiger partial charge >= 0.3 is 0 Å². The summed E-state index contributed by atoms with van der Waals surface area (Å²) in [6.45, 7) is 2.34. The van der Waals surface area contributed by atoms with E-state index in [9.17, 15) is 9.18 Å². The molecule has 0 radical (unpaired) electrons. The predicted molar refractivity (Wildman–Crippen MR) is 87.7 cm³/mol. The number of nitrogens with one attached hydrogen (secondary N) is 1. The molecule has 1 unspecified atom stereocenters. The highest BCUT2D eigenvalue weighted by Gasteiger charge is 2.33. The largest absolute Gasteiger partial charge is 0.341 e. The first kappa shape index (κ1) is 15.5. The third-order valence-corrected chi connectivity index (χ3v) is 4.49. The van der Waals surface area contributed by atoms with Gasteiger partial charge in [-0.25, -0.2) is 14.1 Å². The number of halogens is 1. The minimum Gasteiger partial charge on any atom is -0.341 e. The number of carbonyl (C=O) groups is 1. The predicted octanol–water partition coefficient (Wildman–Crippen LogP) is 2.42. The third kappa shape index (κ3) is 2.69. The maximum Gasteiger partial charge on any atom is 0.290 e. The molecule has 128 valence electrons. The fourth-order valence-corrected chi connectivity index (χ4v) is 3.19. The molecule has 7 nitrogen and oxygen atoms in total. The van der Waals surface area contributed by atoms with Crippen LogP contribution in [0.15, 0.2) is 36.8 Å². The van der Waals surface area contributed by atoms with E-state index in [1.807, 2.05) is 0 Å². The highest BCUT2D eigenvalue weighted by Crippen LogP contribution is 2.32. The van der Waals surface area contributed by atoms with Crippen LogP contribution in [0.25, 0.3) is 5.69 Å². The van der Waals surface area contributed by atoms with Crippen LogP contribution in [0.2, 0.25) is 0 Å². The van der Waals surface area contributed by atoms with Gasteiger partial charge < -0.3 is 9.88 Å². The Balaban J connectivity index is 1.63. The average molecular weight is 340 g/mol. The summed E-state index contributed by atoms with van der Waals surface area (Å²) in [5.41, 5.74) is 1.55. The number of amides is 1. The first-order valence-electron chi connectivity index (χ1n) is 8.13. The maximum atomic E-state index is 14.3. The van der Waals surface area contributed by atoms with E-state index in [1.165, 1.54) is 4.68 Å². The Morgan fingerprint density at radius 1 is 1.40 bits per heavy atom. The molecule has 1 fully saturated rings. The van der Waals surface area contributed by atoms with Crippen LogP contribution in [0.3, 0.4) is 0 Å². The van der Waals surface area contributed by atoms with Crippen LogP contribution in [0.1, 0.15) is 40.8 Å². The number of hydrogen-bond donors (Lipinski definition) is 1. The van der Waals surface area contributed by atoms with Crippen molar-refractivity contribution in [1.29, 1.82) is 0 Å². The highest BCUT2D eigenvalue weighted by atomic mass is 19.1. The third-order valence-electron chi connectivity index (χ3n) is 4.49. The van der Waals surface area contributed by atoms with Gasteiger partial charge in [-0.05, 0) is 31.4 Å². The van der Waals surface area contributed by atoms with E-state index in [0.29, 0.717) is 29.3 Å². The molecular weight excluding hydrogens is 323 g/mol. The number of likely N-dealkylation sites (tertiary alicyclic amines) is 1. The first-order valence-corrected chi connectivity index (χ1v) is 8.13. The van der Waals surface area contributed by atoms with E-state index >= 15 is 0 Å². The number of hydrogen-bond acceptors (Lipinski definition) is 4. The van der Waals surface area contributed by atoms with Crippen molar-refractivity contribution in [2.75, 3.05) is 6.54 Å². The smallest absolute Gasteiger partial charge is 0.290 e. The lowest BCUT2D eigenvalue weighted by Crippen LogP contribution is -2.31. The Kier molecular flexibility index (Phi) is 3.79. The number of aromatic nitrogens is 5. The van der Waals surface area contributed by atoms with E-state index in [1.54, 1.807) is 48.6 Å². The van der Waals surface area contributed by atoms with Crippen LogP contribution >= 0.6 is 0 Å². The molecule has 1 aromatic carbocycles. The Morgan fingerprint density at radius 3 is 3.08 bits per heavy atom. The summed E-state index contributed by atoms with van der Waals surface area (Å²) in [6.07, 6.45) is 6.53. The number of aryl methyl sites for hydroxylation is 1. The van der Waals surface area contributed by atoms with Crippen molar-refractivity contribution in [2.24, 2.45) is 0 Å².